The first kappa shape index (κ1) is 19.6. The predicted molar refractivity (Wildman–Crippen MR) is 109 cm³/mol. The number of rotatable bonds is 6. The van der Waals surface area contributed by atoms with E-state index in [2.05, 4.69) is 15.6 Å². The van der Waals surface area contributed by atoms with Gasteiger partial charge in [0.2, 0.25) is 5.91 Å². The third-order valence-electron chi connectivity index (χ3n) is 5.62. The summed E-state index contributed by atoms with van der Waals surface area (Å²) >= 11 is 1.61. The molecule has 1 spiro atoms. The first-order chi connectivity index (χ1) is 14.1. The topological polar surface area (TPSA) is 91.4 Å². The van der Waals surface area contributed by atoms with Gasteiger partial charge in [-0.3, -0.25) is 19.5 Å². The van der Waals surface area contributed by atoms with Crippen LogP contribution in [-0.2, 0) is 16.0 Å². The van der Waals surface area contributed by atoms with Crippen molar-refractivity contribution in [2.45, 2.75) is 50.1 Å². The Labute approximate surface area is 173 Å². The predicted octanol–water partition coefficient (Wildman–Crippen LogP) is 2.80. The number of hydrogen-bond donors (Lipinski definition) is 2. The molecule has 2 fully saturated rings. The molecule has 0 radical (unpaired) electrons. The van der Waals surface area contributed by atoms with Crippen molar-refractivity contribution >= 4 is 29.2 Å². The van der Waals surface area contributed by atoms with Crippen LogP contribution in [-0.4, -0.2) is 39.8 Å². The van der Waals surface area contributed by atoms with Crippen LogP contribution in [0.1, 0.15) is 48.7 Å². The second-order valence-corrected chi connectivity index (χ2v) is 8.65. The van der Waals surface area contributed by atoms with E-state index in [9.17, 15) is 14.4 Å². The Morgan fingerprint density at radius 3 is 2.72 bits per heavy atom. The van der Waals surface area contributed by atoms with Gasteiger partial charge in [-0.2, -0.15) is 0 Å². The summed E-state index contributed by atoms with van der Waals surface area (Å²) in [6.07, 6.45) is 6.47. The van der Waals surface area contributed by atoms with E-state index in [-0.39, 0.29) is 24.4 Å². The summed E-state index contributed by atoms with van der Waals surface area (Å²) < 4.78 is 0. The molecule has 1 atom stereocenters. The van der Waals surface area contributed by atoms with E-state index in [1.54, 1.807) is 17.5 Å². The lowest BCUT2D eigenvalue weighted by atomic mass is 9.82. The molecule has 152 valence electrons. The first-order valence-electron chi connectivity index (χ1n) is 9.94. The van der Waals surface area contributed by atoms with E-state index in [1.165, 1.54) is 0 Å². The Hall–Kier alpha value is -2.74. The molecule has 1 saturated carbocycles. The van der Waals surface area contributed by atoms with Crippen LogP contribution < -0.4 is 10.6 Å². The maximum atomic E-state index is 12.9. The van der Waals surface area contributed by atoms with Gasteiger partial charge in [0.05, 0.1) is 11.7 Å². The zero-order valence-electron chi connectivity index (χ0n) is 16.1. The van der Waals surface area contributed by atoms with Crippen molar-refractivity contribution in [3.05, 3.63) is 52.5 Å². The number of imide groups is 1. The highest BCUT2D eigenvalue weighted by molar-refractivity contribution is 7.09. The summed E-state index contributed by atoms with van der Waals surface area (Å²) in [6.45, 7) is -0.278. The quantitative estimate of drug-likeness (QED) is 0.714. The highest BCUT2D eigenvalue weighted by Crippen LogP contribution is 2.33. The van der Waals surface area contributed by atoms with Crippen molar-refractivity contribution in [2.24, 2.45) is 0 Å². The van der Waals surface area contributed by atoms with Crippen LogP contribution >= 0.6 is 11.3 Å². The van der Waals surface area contributed by atoms with Crippen molar-refractivity contribution in [3.63, 3.8) is 0 Å². The number of nitrogens with one attached hydrogen (secondary N) is 2. The van der Waals surface area contributed by atoms with Crippen LogP contribution in [0.2, 0.25) is 0 Å². The standard InChI is InChI=1S/C21H24N4O3S/c26-18(14-25-19(27)21(24-20(25)28)9-3-1-4-10-21)23-17(13-15-7-6-12-29-15)16-8-2-5-11-22-16/h2,5-8,11-12,17H,1,3-4,9-10,13-14H2,(H,23,26)(H,24,28). The molecule has 2 N–H and O–H groups in total. The smallest absolute Gasteiger partial charge is 0.325 e. The lowest BCUT2D eigenvalue weighted by molar-refractivity contribution is -0.136. The highest BCUT2D eigenvalue weighted by atomic mass is 32.1. The molecule has 1 unspecified atom stereocenters. The molecule has 4 amide bonds. The molecule has 3 heterocycles. The summed E-state index contributed by atoms with van der Waals surface area (Å²) in [5, 5.41) is 7.79. The fourth-order valence-corrected chi connectivity index (χ4v) is 4.89. The third-order valence-corrected chi connectivity index (χ3v) is 6.52. The van der Waals surface area contributed by atoms with Gasteiger partial charge in [-0.25, -0.2) is 4.79 Å². The average molecular weight is 413 g/mol. The summed E-state index contributed by atoms with van der Waals surface area (Å²) in [4.78, 5) is 44.6. The summed E-state index contributed by atoms with van der Waals surface area (Å²) in [6, 6.07) is 8.74. The van der Waals surface area contributed by atoms with Gasteiger partial charge in [0.1, 0.15) is 12.1 Å². The van der Waals surface area contributed by atoms with E-state index >= 15 is 0 Å². The molecule has 2 aromatic rings. The molecular formula is C21H24N4O3S. The molecule has 29 heavy (non-hydrogen) atoms. The van der Waals surface area contributed by atoms with Gasteiger partial charge in [0.15, 0.2) is 0 Å². The number of carbonyl (C=O) groups is 3. The number of hydrogen-bond acceptors (Lipinski definition) is 5. The lowest BCUT2D eigenvalue weighted by Crippen LogP contribution is -2.49. The molecule has 1 aliphatic carbocycles. The van der Waals surface area contributed by atoms with Crippen LogP contribution in [0.5, 0.6) is 0 Å². The molecule has 1 saturated heterocycles. The minimum atomic E-state index is -0.813. The van der Waals surface area contributed by atoms with Crippen molar-refractivity contribution < 1.29 is 14.4 Å². The zero-order chi connectivity index (χ0) is 20.3. The Kier molecular flexibility index (Phi) is 5.62. The fraction of sp³-hybridized carbons (Fsp3) is 0.429. The molecule has 8 heteroatoms. The van der Waals surface area contributed by atoms with Gasteiger partial charge in [-0.05, 0) is 36.4 Å². The van der Waals surface area contributed by atoms with Gasteiger partial charge in [0.25, 0.3) is 5.91 Å². The summed E-state index contributed by atoms with van der Waals surface area (Å²) in [7, 11) is 0. The first-order valence-corrected chi connectivity index (χ1v) is 10.8. The van der Waals surface area contributed by atoms with Crippen LogP contribution in [0.4, 0.5) is 4.79 Å². The largest absolute Gasteiger partial charge is 0.346 e. The number of thiophene rings is 1. The maximum absolute atomic E-state index is 12.9. The van der Waals surface area contributed by atoms with Gasteiger partial charge >= 0.3 is 6.03 Å². The molecule has 0 bridgehead atoms. The number of aromatic nitrogens is 1. The van der Waals surface area contributed by atoms with E-state index < -0.39 is 11.6 Å². The molecular weight excluding hydrogens is 388 g/mol. The Balaban J connectivity index is 1.45. The van der Waals surface area contributed by atoms with Crippen LogP contribution in [0.25, 0.3) is 0 Å². The molecule has 1 aliphatic heterocycles. The van der Waals surface area contributed by atoms with E-state index in [0.717, 1.165) is 34.7 Å². The Morgan fingerprint density at radius 2 is 2.03 bits per heavy atom. The second-order valence-electron chi connectivity index (χ2n) is 7.62. The van der Waals surface area contributed by atoms with Crippen LogP contribution in [0.3, 0.4) is 0 Å². The van der Waals surface area contributed by atoms with E-state index in [4.69, 9.17) is 0 Å². The van der Waals surface area contributed by atoms with Gasteiger partial charge in [0, 0.05) is 17.5 Å². The fourth-order valence-electron chi connectivity index (χ4n) is 4.14. The molecule has 7 nitrogen and oxygen atoms in total. The number of nitrogens with zero attached hydrogens (tertiary/aromatic N) is 2. The summed E-state index contributed by atoms with van der Waals surface area (Å²) in [5.74, 6) is -0.640. The van der Waals surface area contributed by atoms with Crippen LogP contribution in [0, 0.1) is 0 Å². The van der Waals surface area contributed by atoms with Crippen molar-refractivity contribution in [1.29, 1.82) is 0 Å². The zero-order valence-corrected chi connectivity index (χ0v) is 16.9. The monoisotopic (exact) mass is 412 g/mol. The number of carbonyl (C=O) groups excluding carboxylic acids is 3. The second kappa shape index (κ2) is 8.32. The minimum absolute atomic E-state index is 0.273. The third kappa shape index (κ3) is 4.17. The van der Waals surface area contributed by atoms with E-state index in [1.807, 2.05) is 35.7 Å². The Bertz CT molecular complexity index is 879. The average Bonchev–Trinajstić information content (AvgIpc) is 3.32. The normalized spacial score (nSPS) is 19.2. The lowest BCUT2D eigenvalue weighted by Gasteiger charge is -2.30. The van der Waals surface area contributed by atoms with Crippen molar-refractivity contribution in [2.75, 3.05) is 6.54 Å². The van der Waals surface area contributed by atoms with Crippen molar-refractivity contribution in [1.82, 2.24) is 20.5 Å². The maximum Gasteiger partial charge on any atom is 0.325 e. The number of pyridine rings is 1. The van der Waals surface area contributed by atoms with Gasteiger partial charge in [-0.15, -0.1) is 11.3 Å². The van der Waals surface area contributed by atoms with E-state index in [0.29, 0.717) is 19.3 Å². The summed E-state index contributed by atoms with van der Waals surface area (Å²) in [5.41, 5.74) is -0.0670. The molecule has 2 aliphatic rings. The SMILES string of the molecule is O=C(CN1C(=O)NC2(CCCCC2)C1=O)NC(Cc1cccs1)c1ccccn1. The highest BCUT2D eigenvalue weighted by Gasteiger charge is 2.51. The molecule has 0 aromatic carbocycles. The van der Waals surface area contributed by atoms with Crippen molar-refractivity contribution in [3.8, 4) is 0 Å². The number of urea groups is 1. The molecule has 4 rings (SSSR count). The molecule has 2 aromatic heterocycles. The van der Waals surface area contributed by atoms with Gasteiger partial charge < -0.3 is 10.6 Å². The van der Waals surface area contributed by atoms with Gasteiger partial charge in [-0.1, -0.05) is 31.4 Å². The number of amides is 4. The Morgan fingerprint density at radius 1 is 1.21 bits per heavy atom. The minimum Gasteiger partial charge on any atom is -0.346 e. The van der Waals surface area contributed by atoms with Crippen LogP contribution in [0.15, 0.2) is 41.9 Å².